The van der Waals surface area contributed by atoms with E-state index >= 15 is 0 Å². The summed E-state index contributed by atoms with van der Waals surface area (Å²) >= 11 is 0. The Morgan fingerprint density at radius 3 is 1.37 bits per heavy atom. The molecule has 6 heterocycles. The molecule has 0 aromatic carbocycles. The Balaban J connectivity index is 1.21. The van der Waals surface area contributed by atoms with Crippen LogP contribution in [-0.4, -0.2) is 323 Å². The summed E-state index contributed by atoms with van der Waals surface area (Å²) in [5, 5.41) is 186. The van der Waals surface area contributed by atoms with Crippen molar-refractivity contribution in [3.8, 4) is 0 Å². The van der Waals surface area contributed by atoms with Crippen molar-refractivity contribution in [1.82, 2.24) is 5.32 Å². The molecule has 0 unspecified atom stereocenters. The van der Waals surface area contributed by atoms with Crippen LogP contribution in [-0.2, 0) is 61.6 Å². The summed E-state index contributed by atoms with van der Waals surface area (Å²) in [4.78, 5) is 12.8. The molecule has 0 aliphatic carbocycles. The topological polar surface area (TPSA) is 510 Å². The Hall–Kier alpha value is -1.73. The molecule has 6 fully saturated rings. The number of rotatable bonds is 20. The van der Waals surface area contributed by atoms with Gasteiger partial charge in [-0.1, -0.05) is 0 Å². The normalized spacial score (nSPS) is 49.9. The van der Waals surface area contributed by atoms with E-state index in [0.717, 1.165) is 6.92 Å². The fourth-order valence-electron chi connectivity index (χ4n) is 9.25. The van der Waals surface area contributed by atoms with Crippen molar-refractivity contribution in [2.75, 3.05) is 46.2 Å². The molecule has 0 radical (unpaired) electrons. The van der Waals surface area contributed by atoms with Gasteiger partial charge >= 0.3 is 0 Å². The highest BCUT2D eigenvalue weighted by atomic mass is 16.8. The molecule has 20 N–H and O–H groups in total. The molecule has 73 heavy (non-hydrogen) atoms. The van der Waals surface area contributed by atoms with Crippen LogP contribution in [0.5, 0.6) is 0 Å². The Morgan fingerprint density at radius 1 is 0.425 bits per heavy atom. The Kier molecular flexibility index (Phi) is 22.2. The molecule has 6 saturated heterocycles. The number of amides is 1. The van der Waals surface area contributed by atoms with Crippen molar-refractivity contribution in [2.45, 2.75) is 204 Å². The van der Waals surface area contributed by atoms with Crippen molar-refractivity contribution in [3.63, 3.8) is 0 Å². The minimum atomic E-state index is -2.21. The van der Waals surface area contributed by atoms with Gasteiger partial charge in [-0.3, -0.25) is 4.79 Å². The molecule has 0 aromatic heterocycles. The maximum atomic E-state index is 12.8. The van der Waals surface area contributed by atoms with Gasteiger partial charge < -0.3 is 155 Å². The van der Waals surface area contributed by atoms with E-state index in [1.807, 2.05) is 0 Å². The largest absolute Gasteiger partial charge is 0.394 e. The van der Waals surface area contributed by atoms with Crippen LogP contribution in [0.3, 0.4) is 0 Å². The summed E-state index contributed by atoms with van der Waals surface area (Å²) in [6.45, 7) is -2.19. The molecule has 0 bridgehead atoms. The number of nitrogens with one attached hydrogen (secondary N) is 1. The molecular weight excluding hydrogens is 1000 g/mol. The second-order valence-electron chi connectivity index (χ2n) is 18.5. The number of aliphatic hydroxyl groups excluding tert-OH is 17. The van der Waals surface area contributed by atoms with E-state index < -0.39 is 223 Å². The smallest absolute Gasteiger partial charge is 0.217 e. The first kappa shape index (κ1) is 60.5. The minimum Gasteiger partial charge on any atom is -0.394 e. The van der Waals surface area contributed by atoms with E-state index in [1.165, 1.54) is 6.92 Å². The number of nitrogens with two attached hydrogens (primary N) is 1. The quantitative estimate of drug-likeness (QED) is 0.0503. The molecule has 32 heteroatoms. The van der Waals surface area contributed by atoms with Gasteiger partial charge in [-0.25, -0.2) is 0 Å². The molecule has 426 valence electrons. The molecule has 0 saturated carbocycles. The highest BCUT2D eigenvalue weighted by Crippen LogP contribution is 2.37. The lowest BCUT2D eigenvalue weighted by Crippen LogP contribution is -2.70. The third kappa shape index (κ3) is 13.2. The Morgan fingerprint density at radius 2 is 0.822 bits per heavy atom. The molecule has 32 nitrogen and oxygen atoms in total. The second-order valence-corrected chi connectivity index (χ2v) is 18.5. The maximum Gasteiger partial charge on any atom is 0.217 e. The predicted octanol–water partition coefficient (Wildman–Crippen LogP) is -12.6. The van der Waals surface area contributed by atoms with Crippen LogP contribution in [0.4, 0.5) is 0 Å². The zero-order valence-corrected chi connectivity index (χ0v) is 39.5. The SMILES string of the molecule is CC(=O)N[C@H]1[C@H](O[C@H]2[C@@H](O)[C@@H](CO)O[C@H](O[C@@H]3[C@H](O)[C@@H](O)[C@H](O[C@H]4[C@H](O)[C@@H](O)[C@H](OCCCN)O[C@@H]4CO)O[C@@H]3CO)[C@@H]2O)O[C@H](CO)[C@H](O)[C@@H]1O[C@@H]1O[C@H](CO)[C@H](O)[C@H](O)[C@H]1O[C@@H]1O[C@@H](C)[C@@H](O)[C@@H](O)[C@@H]1O. The zero-order chi connectivity index (χ0) is 53.7. The lowest BCUT2D eigenvalue weighted by Gasteiger charge is -2.51. The van der Waals surface area contributed by atoms with Gasteiger partial charge in [0.15, 0.2) is 37.7 Å². The van der Waals surface area contributed by atoms with E-state index in [1.54, 1.807) is 0 Å². The fraction of sp³-hybridized carbons (Fsp3) is 0.976. The van der Waals surface area contributed by atoms with Gasteiger partial charge in [-0.15, -0.1) is 0 Å². The fourth-order valence-corrected chi connectivity index (χ4v) is 9.25. The molecule has 6 aliphatic rings. The van der Waals surface area contributed by atoms with Crippen LogP contribution in [0, 0.1) is 0 Å². The van der Waals surface area contributed by atoms with Gasteiger partial charge in [0.25, 0.3) is 0 Å². The van der Waals surface area contributed by atoms with E-state index in [2.05, 4.69) is 5.32 Å². The standard InChI is InChI=1S/C41H72N2O30/c1-11-19(50)23(54)27(58)38(63-11)73-35-24(55)20(51)13(6-44)66-41(35)71-33-18(43-12(2)49)36(64-14(7-45)21(33)52)72-34-22(53)15(8-46)65-40(30(34)61)70-32-17(10-48)68-39(29(60)26(32)57)69-31-16(9-47)67-37(28(59)25(31)56)62-5-3-4-42/h11,13-41,44-48,50-61H,3-10,42H2,1-2H3,(H,43,49)/t11-,13+,14+,15+,16+,17+,18+,19+,20-,21-,22-,23+,24-,25+,26+,27-,28+,29+,30+,31+,32-,33+,34-,35+,36-,37+,38-,39-,40+,41-/m0/s1. The molecular formula is C41H72N2O30. The lowest BCUT2D eigenvalue weighted by molar-refractivity contribution is -0.393. The summed E-state index contributed by atoms with van der Waals surface area (Å²) in [6.07, 6.45) is -52.9. The Labute approximate surface area is 415 Å². The average molecular weight is 1070 g/mol. The van der Waals surface area contributed by atoms with Crippen LogP contribution < -0.4 is 11.1 Å². The van der Waals surface area contributed by atoms with Crippen molar-refractivity contribution in [2.24, 2.45) is 5.73 Å². The van der Waals surface area contributed by atoms with Gasteiger partial charge in [-0.05, 0) is 19.9 Å². The van der Waals surface area contributed by atoms with Crippen LogP contribution in [0.15, 0.2) is 0 Å². The number of carbonyl (C=O) groups is 1. The summed E-state index contributed by atoms with van der Waals surface area (Å²) in [7, 11) is 0. The van der Waals surface area contributed by atoms with Crippen LogP contribution in [0.25, 0.3) is 0 Å². The third-order valence-electron chi connectivity index (χ3n) is 13.4. The van der Waals surface area contributed by atoms with Crippen molar-refractivity contribution in [1.29, 1.82) is 0 Å². The number of carbonyl (C=O) groups excluding carboxylic acids is 1. The average Bonchev–Trinajstić information content (AvgIpc) is 3.37. The lowest BCUT2D eigenvalue weighted by atomic mass is 9.94. The van der Waals surface area contributed by atoms with Crippen molar-refractivity contribution < 1.29 is 148 Å². The van der Waals surface area contributed by atoms with E-state index in [4.69, 9.17) is 62.6 Å². The first-order valence-corrected chi connectivity index (χ1v) is 23.7. The van der Waals surface area contributed by atoms with Crippen molar-refractivity contribution in [3.05, 3.63) is 0 Å². The van der Waals surface area contributed by atoms with Gasteiger partial charge in [0, 0.05) is 6.92 Å². The highest BCUT2D eigenvalue weighted by molar-refractivity contribution is 5.73. The Bertz CT molecular complexity index is 1680. The molecule has 30 atom stereocenters. The summed E-state index contributed by atoms with van der Waals surface area (Å²) in [6, 6.07) is -1.78. The molecule has 0 aromatic rings. The second kappa shape index (κ2) is 26.8. The molecule has 0 spiro atoms. The van der Waals surface area contributed by atoms with Crippen molar-refractivity contribution >= 4 is 5.91 Å². The number of ether oxygens (including phenoxy) is 12. The predicted molar refractivity (Wildman–Crippen MR) is 227 cm³/mol. The highest BCUT2D eigenvalue weighted by Gasteiger charge is 2.58. The first-order valence-electron chi connectivity index (χ1n) is 23.7. The van der Waals surface area contributed by atoms with E-state index in [9.17, 15) is 91.6 Å². The van der Waals surface area contributed by atoms with E-state index in [0.29, 0.717) is 6.42 Å². The number of aliphatic hydroxyl groups is 17. The van der Waals surface area contributed by atoms with Gasteiger partial charge in [0.2, 0.25) is 5.91 Å². The maximum absolute atomic E-state index is 12.8. The zero-order valence-electron chi connectivity index (χ0n) is 39.5. The first-order chi connectivity index (χ1) is 34.7. The van der Waals surface area contributed by atoms with Crippen LogP contribution in [0.2, 0.25) is 0 Å². The van der Waals surface area contributed by atoms with Crippen LogP contribution in [0.1, 0.15) is 20.3 Å². The van der Waals surface area contributed by atoms with Gasteiger partial charge in [0.05, 0.1) is 45.7 Å². The minimum absolute atomic E-state index is 0.0246. The van der Waals surface area contributed by atoms with Crippen LogP contribution >= 0.6 is 0 Å². The summed E-state index contributed by atoms with van der Waals surface area (Å²) < 4.78 is 68.8. The van der Waals surface area contributed by atoms with Gasteiger partial charge in [-0.2, -0.15) is 0 Å². The molecule has 6 aliphatic heterocycles. The van der Waals surface area contributed by atoms with E-state index in [-0.39, 0.29) is 13.2 Å². The number of hydrogen-bond acceptors (Lipinski definition) is 31. The monoisotopic (exact) mass is 1070 g/mol. The third-order valence-corrected chi connectivity index (χ3v) is 13.4. The number of hydrogen-bond donors (Lipinski definition) is 19. The molecule has 6 rings (SSSR count). The van der Waals surface area contributed by atoms with Gasteiger partial charge in [0.1, 0.15) is 140 Å². The summed E-state index contributed by atoms with van der Waals surface area (Å²) in [5.41, 5.74) is 5.47. The summed E-state index contributed by atoms with van der Waals surface area (Å²) in [5.74, 6) is -0.860. The molecule has 1 amide bonds.